The lowest BCUT2D eigenvalue weighted by Crippen LogP contribution is -2.13. The maximum atomic E-state index is 11.3. The summed E-state index contributed by atoms with van der Waals surface area (Å²) in [6, 6.07) is 16.5. The number of carbonyl (C=O) groups is 1. The van der Waals surface area contributed by atoms with Crippen LogP contribution in [0.3, 0.4) is 0 Å². The molecule has 0 aromatic heterocycles. The molecule has 0 atom stereocenters. The summed E-state index contributed by atoms with van der Waals surface area (Å²) in [7, 11) is 0. The minimum atomic E-state index is -0.666. The van der Waals surface area contributed by atoms with E-state index in [1.165, 1.54) is 0 Å². The number of nitrogens with one attached hydrogen (secondary N) is 1. The molecule has 0 fully saturated rings. The van der Waals surface area contributed by atoms with Crippen LogP contribution in [0.25, 0.3) is 0 Å². The fraction of sp³-hybridized carbons (Fsp3) is 0.125. The Kier molecular flexibility index (Phi) is 5.80. The SMILES string of the molecule is CCOC(=O)/C(Cl)=N\Nc1ccc(Oc2ccccc2)cc1. The molecule has 0 aliphatic carbocycles. The monoisotopic (exact) mass is 318 g/mol. The molecule has 2 aromatic rings. The maximum Gasteiger partial charge on any atom is 0.370 e. The van der Waals surface area contributed by atoms with Crippen molar-refractivity contribution in [3.05, 3.63) is 54.6 Å². The topological polar surface area (TPSA) is 59.9 Å². The van der Waals surface area contributed by atoms with Gasteiger partial charge in [-0.15, -0.1) is 0 Å². The van der Waals surface area contributed by atoms with Crippen LogP contribution < -0.4 is 10.2 Å². The lowest BCUT2D eigenvalue weighted by atomic mass is 10.3. The normalized spacial score (nSPS) is 10.9. The van der Waals surface area contributed by atoms with Crippen molar-refractivity contribution >= 4 is 28.4 Å². The van der Waals surface area contributed by atoms with E-state index >= 15 is 0 Å². The van der Waals surface area contributed by atoms with Gasteiger partial charge in [-0.2, -0.15) is 5.10 Å². The third-order valence-electron chi connectivity index (χ3n) is 2.56. The quantitative estimate of drug-likeness (QED) is 0.497. The van der Waals surface area contributed by atoms with Crippen LogP contribution in [0.1, 0.15) is 6.92 Å². The summed E-state index contributed by atoms with van der Waals surface area (Å²) in [5.41, 5.74) is 3.34. The van der Waals surface area contributed by atoms with E-state index in [4.69, 9.17) is 21.1 Å². The minimum absolute atomic E-state index is 0.246. The van der Waals surface area contributed by atoms with Gasteiger partial charge in [-0.3, -0.25) is 5.43 Å². The molecule has 22 heavy (non-hydrogen) atoms. The van der Waals surface area contributed by atoms with Crippen LogP contribution in [0, 0.1) is 0 Å². The van der Waals surface area contributed by atoms with Gasteiger partial charge in [0.2, 0.25) is 5.17 Å². The number of carbonyl (C=O) groups excluding carboxylic acids is 1. The maximum absolute atomic E-state index is 11.3. The summed E-state index contributed by atoms with van der Waals surface area (Å²) in [5.74, 6) is 0.782. The molecule has 5 nitrogen and oxygen atoms in total. The van der Waals surface area contributed by atoms with E-state index in [0.717, 1.165) is 5.75 Å². The summed E-state index contributed by atoms with van der Waals surface area (Å²) in [4.78, 5) is 11.3. The van der Waals surface area contributed by atoms with Gasteiger partial charge in [-0.25, -0.2) is 4.79 Å². The number of rotatable bonds is 6. The van der Waals surface area contributed by atoms with Crippen molar-refractivity contribution in [1.29, 1.82) is 0 Å². The molecular formula is C16H15ClN2O3. The average molecular weight is 319 g/mol. The fourth-order valence-corrected chi connectivity index (χ4v) is 1.67. The number of esters is 1. The summed E-state index contributed by atoms with van der Waals surface area (Å²) >= 11 is 5.69. The predicted molar refractivity (Wildman–Crippen MR) is 86.5 cm³/mol. The number of hydrogen-bond donors (Lipinski definition) is 1. The first-order valence-electron chi connectivity index (χ1n) is 6.68. The van der Waals surface area contributed by atoms with E-state index in [1.807, 2.05) is 30.3 Å². The molecule has 0 radical (unpaired) electrons. The Bertz CT molecular complexity index is 642. The number of para-hydroxylation sites is 1. The number of halogens is 1. The van der Waals surface area contributed by atoms with Crippen LogP contribution in [0.5, 0.6) is 11.5 Å². The molecule has 0 bridgehead atoms. The Hall–Kier alpha value is -2.53. The number of nitrogens with zero attached hydrogens (tertiary/aromatic N) is 1. The highest BCUT2D eigenvalue weighted by Gasteiger charge is 2.08. The molecule has 0 saturated heterocycles. The number of benzene rings is 2. The molecule has 0 heterocycles. The van der Waals surface area contributed by atoms with E-state index in [9.17, 15) is 4.79 Å². The van der Waals surface area contributed by atoms with E-state index in [1.54, 1.807) is 31.2 Å². The van der Waals surface area contributed by atoms with Crippen molar-refractivity contribution in [2.75, 3.05) is 12.0 Å². The Labute approximate surface area is 133 Å². The lowest BCUT2D eigenvalue weighted by molar-refractivity contribution is -0.134. The number of hydrazone groups is 1. The zero-order valence-electron chi connectivity index (χ0n) is 12.0. The van der Waals surface area contributed by atoms with Gasteiger partial charge >= 0.3 is 5.97 Å². The second kappa shape index (κ2) is 8.05. The highest BCUT2D eigenvalue weighted by Crippen LogP contribution is 2.22. The number of hydrogen-bond acceptors (Lipinski definition) is 5. The molecular weight excluding hydrogens is 304 g/mol. The number of ether oxygens (including phenoxy) is 2. The molecule has 2 aromatic carbocycles. The van der Waals surface area contributed by atoms with Gasteiger partial charge in [0.05, 0.1) is 12.3 Å². The van der Waals surface area contributed by atoms with E-state index < -0.39 is 5.97 Å². The average Bonchev–Trinajstić information content (AvgIpc) is 2.55. The minimum Gasteiger partial charge on any atom is -0.461 e. The summed E-state index contributed by atoms with van der Waals surface area (Å²) < 4.78 is 10.4. The van der Waals surface area contributed by atoms with Gasteiger partial charge in [-0.1, -0.05) is 29.8 Å². The molecule has 0 amide bonds. The molecule has 0 unspecified atom stereocenters. The van der Waals surface area contributed by atoms with Crippen LogP contribution in [0.4, 0.5) is 5.69 Å². The van der Waals surface area contributed by atoms with Gasteiger partial charge < -0.3 is 9.47 Å². The van der Waals surface area contributed by atoms with Gasteiger partial charge in [0.15, 0.2) is 0 Å². The van der Waals surface area contributed by atoms with Crippen molar-refractivity contribution in [2.24, 2.45) is 5.10 Å². The van der Waals surface area contributed by atoms with Crippen molar-refractivity contribution < 1.29 is 14.3 Å². The van der Waals surface area contributed by atoms with E-state index in [0.29, 0.717) is 11.4 Å². The van der Waals surface area contributed by atoms with Crippen molar-refractivity contribution in [3.8, 4) is 11.5 Å². The Morgan fingerprint density at radius 1 is 1.09 bits per heavy atom. The Morgan fingerprint density at radius 3 is 2.36 bits per heavy atom. The van der Waals surface area contributed by atoms with Crippen molar-refractivity contribution in [3.63, 3.8) is 0 Å². The summed E-state index contributed by atoms with van der Waals surface area (Å²) in [6.45, 7) is 1.94. The highest BCUT2D eigenvalue weighted by molar-refractivity contribution is 6.82. The van der Waals surface area contributed by atoms with Crippen LogP contribution in [-0.4, -0.2) is 17.7 Å². The van der Waals surface area contributed by atoms with E-state index in [-0.39, 0.29) is 11.8 Å². The van der Waals surface area contributed by atoms with Crippen LogP contribution in [-0.2, 0) is 9.53 Å². The second-order valence-electron chi connectivity index (χ2n) is 4.17. The van der Waals surface area contributed by atoms with Crippen LogP contribution in [0.2, 0.25) is 0 Å². The lowest BCUT2D eigenvalue weighted by Gasteiger charge is -2.06. The van der Waals surface area contributed by atoms with Gasteiger partial charge in [0.1, 0.15) is 11.5 Å². The molecule has 1 N–H and O–H groups in total. The molecule has 0 aliphatic rings. The van der Waals surface area contributed by atoms with Gasteiger partial charge in [0.25, 0.3) is 0 Å². The largest absolute Gasteiger partial charge is 0.461 e. The first-order valence-corrected chi connectivity index (χ1v) is 7.06. The third kappa shape index (κ3) is 4.79. The van der Waals surface area contributed by atoms with E-state index in [2.05, 4.69) is 10.5 Å². The molecule has 0 spiro atoms. The first-order chi connectivity index (χ1) is 10.7. The van der Waals surface area contributed by atoms with Crippen LogP contribution >= 0.6 is 11.6 Å². The summed E-state index contributed by atoms with van der Waals surface area (Å²) in [6.07, 6.45) is 0. The molecule has 114 valence electrons. The molecule has 6 heteroatoms. The molecule has 2 rings (SSSR count). The zero-order valence-corrected chi connectivity index (χ0v) is 12.7. The Morgan fingerprint density at radius 2 is 1.73 bits per heavy atom. The third-order valence-corrected chi connectivity index (χ3v) is 2.80. The fourth-order valence-electron chi connectivity index (χ4n) is 1.57. The smallest absolute Gasteiger partial charge is 0.370 e. The zero-order chi connectivity index (χ0) is 15.8. The first kappa shape index (κ1) is 15.9. The predicted octanol–water partition coefficient (Wildman–Crippen LogP) is 4.01. The highest BCUT2D eigenvalue weighted by atomic mass is 35.5. The summed E-state index contributed by atoms with van der Waals surface area (Å²) in [5, 5.41) is 3.49. The second-order valence-corrected chi connectivity index (χ2v) is 4.53. The molecule has 0 saturated carbocycles. The van der Waals surface area contributed by atoms with Crippen molar-refractivity contribution in [2.45, 2.75) is 6.92 Å². The van der Waals surface area contributed by atoms with Gasteiger partial charge in [0, 0.05) is 0 Å². The van der Waals surface area contributed by atoms with Crippen LogP contribution in [0.15, 0.2) is 59.7 Å². The molecule has 0 aliphatic heterocycles. The standard InChI is InChI=1S/C16H15ClN2O3/c1-2-21-16(20)15(17)19-18-12-8-10-14(11-9-12)22-13-6-4-3-5-7-13/h3-11,18H,2H2,1H3/b19-15+. The Balaban J connectivity index is 1.94. The van der Waals surface area contributed by atoms with Crippen molar-refractivity contribution in [1.82, 2.24) is 0 Å². The van der Waals surface area contributed by atoms with Gasteiger partial charge in [-0.05, 0) is 43.3 Å². The number of anilines is 1.